The molecule has 0 aliphatic carbocycles. The molecule has 2 unspecified atom stereocenters. The quantitative estimate of drug-likeness (QED) is 0.0487. The number of rotatable bonds is 19. The number of nitrogens with one attached hydrogen (secondary N) is 2. The standard InChI is InChI=1S/C25H35ClN2O2.C23H31ClN2O2.Na.H2O/c1-4-30-24(29)25(2,3)15-9-5-6-12-23(20-10-7-8-11-21(20)26)28-17-14-22-19(18-28)13-16-27-22;1-23(2,22(27)28)13-7-3-4-10-21(18-8-5-6-9-19(18)24)26-15-12-20-17(16-26)11-14-25-20;;/h7-8,10-11,13,16,23,27H,4-6,9,12,14-15,17-18H2,1-3H3;5-6,8-9,11,14,21,25H,3-4,7,10,12-13,15-16H2,1-2H3,(H,27,28);;1H2/q;;+1;/p-1. The number of benzene rings is 2. The Kier molecular flexibility index (Phi) is 21.5. The van der Waals surface area contributed by atoms with Crippen molar-refractivity contribution in [1.29, 1.82) is 0 Å². The number of fused-ring (bicyclic) bond motifs is 2. The van der Waals surface area contributed by atoms with Crippen LogP contribution in [0.15, 0.2) is 73.1 Å². The van der Waals surface area contributed by atoms with E-state index in [4.69, 9.17) is 27.9 Å². The number of carbonyl (C=O) groups excluding carboxylic acids is 1. The van der Waals surface area contributed by atoms with Gasteiger partial charge in [0.05, 0.1) is 17.4 Å². The number of aromatic amines is 2. The molecule has 12 heteroatoms. The maximum atomic E-state index is 12.1. The Morgan fingerprint density at radius 2 is 1.13 bits per heavy atom. The molecule has 0 saturated carbocycles. The Morgan fingerprint density at radius 1 is 0.700 bits per heavy atom. The van der Waals surface area contributed by atoms with E-state index >= 15 is 0 Å². The van der Waals surface area contributed by atoms with Crippen LogP contribution < -0.4 is 29.6 Å². The van der Waals surface area contributed by atoms with Crippen molar-refractivity contribution < 1.29 is 54.5 Å². The number of carboxylic acids is 1. The van der Waals surface area contributed by atoms with Gasteiger partial charge in [0.1, 0.15) is 0 Å². The van der Waals surface area contributed by atoms with Gasteiger partial charge in [0.25, 0.3) is 0 Å². The zero-order valence-electron chi connectivity index (χ0n) is 36.9. The maximum absolute atomic E-state index is 12.1. The SMILES string of the molecule is CC(C)(CCCCCC(c1ccccc1Cl)N1CCc2[nH]ccc2C1)C(=O)O.CCOC(=O)C(C)(C)CCCCCC(c1ccccc1Cl)N1CCc2[nH]ccc2C1.[Na+].[OH-]. The molecule has 4 N–H and O–H groups in total. The first-order valence-electron chi connectivity index (χ1n) is 21.5. The molecule has 2 aliphatic rings. The molecule has 0 spiro atoms. The van der Waals surface area contributed by atoms with E-state index in [0.29, 0.717) is 18.7 Å². The number of nitrogens with zero attached hydrogens (tertiary/aromatic N) is 2. The van der Waals surface area contributed by atoms with E-state index < -0.39 is 16.8 Å². The van der Waals surface area contributed by atoms with Gasteiger partial charge in [0, 0.05) is 84.9 Å². The zero-order chi connectivity index (χ0) is 41.7. The summed E-state index contributed by atoms with van der Waals surface area (Å²) in [5.74, 6) is -0.799. The van der Waals surface area contributed by atoms with Crippen molar-refractivity contribution in [1.82, 2.24) is 19.8 Å². The second-order valence-electron chi connectivity index (χ2n) is 17.5. The van der Waals surface area contributed by atoms with Crippen LogP contribution in [-0.4, -0.2) is 62.0 Å². The number of ether oxygens (including phenoxy) is 1. The van der Waals surface area contributed by atoms with E-state index in [2.05, 4.69) is 56.2 Å². The first-order valence-corrected chi connectivity index (χ1v) is 22.2. The van der Waals surface area contributed by atoms with Crippen molar-refractivity contribution in [2.75, 3.05) is 19.7 Å². The van der Waals surface area contributed by atoms with Gasteiger partial charge in [-0.15, -0.1) is 0 Å². The number of halogens is 2. The third-order valence-electron chi connectivity index (χ3n) is 12.3. The Hall–Kier alpha value is -2.60. The average molecular weight is 874 g/mol. The number of H-pyrrole nitrogens is 2. The fourth-order valence-electron chi connectivity index (χ4n) is 8.53. The summed E-state index contributed by atoms with van der Waals surface area (Å²) in [6.45, 7) is 13.9. The van der Waals surface area contributed by atoms with Crippen molar-refractivity contribution in [3.8, 4) is 0 Å². The smallest absolute Gasteiger partial charge is 0.870 e. The largest absolute Gasteiger partial charge is 1.00 e. The van der Waals surface area contributed by atoms with E-state index in [9.17, 15) is 14.7 Å². The molecule has 2 aliphatic heterocycles. The van der Waals surface area contributed by atoms with E-state index in [1.807, 2.05) is 71.3 Å². The van der Waals surface area contributed by atoms with Crippen LogP contribution in [-0.2, 0) is 40.3 Å². The molecule has 324 valence electrons. The molecule has 2 aromatic carbocycles. The Labute approximate surface area is 390 Å². The van der Waals surface area contributed by atoms with Gasteiger partial charge in [-0.2, -0.15) is 0 Å². The number of hydrogen-bond donors (Lipinski definition) is 3. The molecule has 2 aromatic heterocycles. The summed E-state index contributed by atoms with van der Waals surface area (Å²) in [5, 5.41) is 11.0. The molecular formula is C48H67Cl2N4NaO5. The third kappa shape index (κ3) is 14.5. The Balaban J connectivity index is 0.000000311. The van der Waals surface area contributed by atoms with Gasteiger partial charge in [-0.25, -0.2) is 0 Å². The van der Waals surface area contributed by atoms with Crippen LogP contribution in [0.1, 0.15) is 145 Å². The summed E-state index contributed by atoms with van der Waals surface area (Å²) >= 11 is 13.2. The van der Waals surface area contributed by atoms with Gasteiger partial charge < -0.3 is 25.3 Å². The molecule has 60 heavy (non-hydrogen) atoms. The molecule has 6 rings (SSSR count). The first kappa shape index (κ1) is 51.7. The molecule has 0 radical (unpaired) electrons. The first-order chi connectivity index (χ1) is 27.8. The summed E-state index contributed by atoms with van der Waals surface area (Å²) < 4.78 is 5.21. The number of aromatic nitrogens is 2. The van der Waals surface area contributed by atoms with Crippen LogP contribution in [0.25, 0.3) is 0 Å². The number of carboxylic acid groups (broad SMARTS) is 1. The number of unbranched alkanes of at least 4 members (excludes halogenated alkanes) is 4. The van der Waals surface area contributed by atoms with E-state index in [1.165, 1.54) is 33.6 Å². The molecule has 4 aromatic rings. The normalized spacial score (nSPS) is 15.2. The van der Waals surface area contributed by atoms with Crippen molar-refractivity contribution in [3.05, 3.63) is 117 Å². The van der Waals surface area contributed by atoms with Gasteiger partial charge in [-0.05, 0) is 107 Å². The topological polar surface area (TPSA) is 132 Å². The molecular weight excluding hydrogens is 806 g/mol. The van der Waals surface area contributed by atoms with Crippen LogP contribution in [0.3, 0.4) is 0 Å². The summed E-state index contributed by atoms with van der Waals surface area (Å²) in [4.78, 5) is 35.2. The fraction of sp³-hybridized carbons (Fsp3) is 0.542. The number of carbonyl (C=O) groups is 2. The summed E-state index contributed by atoms with van der Waals surface area (Å²) in [5.41, 5.74) is 6.88. The fourth-order valence-corrected chi connectivity index (χ4v) is 9.05. The van der Waals surface area contributed by atoms with Crippen LogP contribution >= 0.6 is 23.2 Å². The molecule has 2 atom stereocenters. The van der Waals surface area contributed by atoms with E-state index in [0.717, 1.165) is 113 Å². The summed E-state index contributed by atoms with van der Waals surface area (Å²) in [7, 11) is 0. The number of hydrogen-bond acceptors (Lipinski definition) is 6. The Morgan fingerprint density at radius 3 is 1.55 bits per heavy atom. The van der Waals surface area contributed by atoms with Crippen molar-refractivity contribution in [2.24, 2.45) is 10.8 Å². The minimum Gasteiger partial charge on any atom is -0.870 e. The molecule has 0 bridgehead atoms. The number of aliphatic carboxylic acids is 1. The second kappa shape index (κ2) is 24.9. The monoisotopic (exact) mass is 872 g/mol. The summed E-state index contributed by atoms with van der Waals surface area (Å²) in [6.07, 6.45) is 16.2. The number of esters is 1. The van der Waals surface area contributed by atoms with Gasteiger partial charge in [-0.1, -0.05) is 98.1 Å². The average Bonchev–Trinajstić information content (AvgIpc) is 3.88. The predicted molar refractivity (Wildman–Crippen MR) is 238 cm³/mol. The molecule has 9 nitrogen and oxygen atoms in total. The minimum atomic E-state index is -0.711. The molecule has 0 amide bonds. The van der Waals surface area contributed by atoms with Gasteiger partial charge in [0.2, 0.25) is 0 Å². The van der Waals surface area contributed by atoms with Crippen LogP contribution in [0.2, 0.25) is 10.0 Å². The van der Waals surface area contributed by atoms with Crippen molar-refractivity contribution >= 4 is 35.1 Å². The van der Waals surface area contributed by atoms with E-state index in [1.54, 1.807) is 0 Å². The zero-order valence-corrected chi connectivity index (χ0v) is 40.4. The van der Waals surface area contributed by atoms with Crippen LogP contribution in [0, 0.1) is 10.8 Å². The van der Waals surface area contributed by atoms with Crippen molar-refractivity contribution in [2.45, 2.75) is 137 Å². The third-order valence-corrected chi connectivity index (χ3v) is 13.0. The maximum Gasteiger partial charge on any atom is 1.00 e. The van der Waals surface area contributed by atoms with Gasteiger partial charge >= 0.3 is 41.5 Å². The summed E-state index contributed by atoms with van der Waals surface area (Å²) in [6, 6.07) is 21.4. The molecule has 4 heterocycles. The van der Waals surface area contributed by atoms with E-state index in [-0.39, 0.29) is 41.0 Å². The van der Waals surface area contributed by atoms with Gasteiger partial charge in [-0.3, -0.25) is 19.4 Å². The predicted octanol–water partition coefficient (Wildman–Crippen LogP) is 8.96. The minimum absolute atomic E-state index is 0. The molecule has 0 saturated heterocycles. The Bertz CT molecular complexity index is 1910. The second-order valence-corrected chi connectivity index (χ2v) is 18.3. The van der Waals surface area contributed by atoms with Gasteiger partial charge in [0.15, 0.2) is 0 Å². The van der Waals surface area contributed by atoms with Crippen LogP contribution in [0.5, 0.6) is 0 Å². The van der Waals surface area contributed by atoms with Crippen LogP contribution in [0.4, 0.5) is 0 Å². The molecule has 0 fully saturated rings. The van der Waals surface area contributed by atoms with Crippen molar-refractivity contribution in [3.63, 3.8) is 0 Å².